The Morgan fingerprint density at radius 2 is 1.84 bits per heavy atom. The minimum atomic E-state index is -4.41. The van der Waals surface area contributed by atoms with Crippen molar-refractivity contribution in [3.8, 4) is 11.5 Å². The van der Waals surface area contributed by atoms with Crippen LogP contribution >= 0.6 is 0 Å². The molecule has 0 aliphatic carbocycles. The zero-order valence-electron chi connectivity index (χ0n) is 25.0. The van der Waals surface area contributed by atoms with Crippen LogP contribution in [0.1, 0.15) is 75.0 Å². The molecule has 3 rings (SSSR count). The van der Waals surface area contributed by atoms with E-state index in [9.17, 15) is 27.6 Å². The minimum absolute atomic E-state index is 0.0396. The highest BCUT2D eigenvalue weighted by Gasteiger charge is 2.36. The number of ether oxygens (including phenoxy) is 4. The van der Waals surface area contributed by atoms with Crippen molar-refractivity contribution < 1.29 is 46.5 Å². The van der Waals surface area contributed by atoms with Crippen molar-refractivity contribution in [1.82, 2.24) is 10.3 Å². The number of carbonyl (C=O) groups is 3. The number of carbonyl (C=O) groups excluding carboxylic acids is 3. The average molecular weight is 609 g/mol. The van der Waals surface area contributed by atoms with Crippen LogP contribution in [0.15, 0.2) is 36.5 Å². The lowest BCUT2D eigenvalue weighted by molar-refractivity contribution is -0.154. The fourth-order valence-electron chi connectivity index (χ4n) is 5.39. The lowest BCUT2D eigenvalue weighted by Crippen LogP contribution is -2.43. The van der Waals surface area contributed by atoms with E-state index >= 15 is 0 Å². The summed E-state index contributed by atoms with van der Waals surface area (Å²) < 4.78 is 60.7. The summed E-state index contributed by atoms with van der Waals surface area (Å²) >= 11 is 0. The molecule has 1 N–H and O–H groups in total. The van der Waals surface area contributed by atoms with Crippen molar-refractivity contribution >= 4 is 17.8 Å². The Labute approximate surface area is 249 Å². The number of alkyl halides is 3. The predicted molar refractivity (Wildman–Crippen MR) is 150 cm³/mol. The topological polar surface area (TPSA) is 113 Å². The lowest BCUT2D eigenvalue weighted by atomic mass is 9.76. The van der Waals surface area contributed by atoms with Gasteiger partial charge in [0.05, 0.1) is 12.7 Å². The number of rotatable bonds is 10. The Kier molecular flexibility index (Phi) is 11.8. The molecule has 9 nitrogen and oxygen atoms in total. The van der Waals surface area contributed by atoms with Gasteiger partial charge in [0.1, 0.15) is 12.1 Å². The Bertz CT molecular complexity index is 1250. The number of amides is 1. The summed E-state index contributed by atoms with van der Waals surface area (Å²) in [5, 5.41) is 2.71. The van der Waals surface area contributed by atoms with Gasteiger partial charge < -0.3 is 24.3 Å². The van der Waals surface area contributed by atoms with E-state index in [0.717, 1.165) is 24.1 Å². The molecule has 236 valence electrons. The molecule has 4 atom stereocenters. The Balaban J connectivity index is 1.80. The molecule has 2 heterocycles. The van der Waals surface area contributed by atoms with Gasteiger partial charge in [-0.2, -0.15) is 13.2 Å². The normalized spacial score (nSPS) is 21.2. The van der Waals surface area contributed by atoms with Crippen LogP contribution in [-0.4, -0.2) is 48.9 Å². The third kappa shape index (κ3) is 9.59. The number of nitrogens with zero attached hydrogens (tertiary/aromatic N) is 1. The fourth-order valence-corrected chi connectivity index (χ4v) is 5.39. The molecule has 43 heavy (non-hydrogen) atoms. The van der Waals surface area contributed by atoms with Crippen molar-refractivity contribution in [2.75, 3.05) is 13.9 Å². The summed E-state index contributed by atoms with van der Waals surface area (Å²) in [6, 6.07) is 5.69. The van der Waals surface area contributed by atoms with Gasteiger partial charge in [-0.15, -0.1) is 0 Å². The summed E-state index contributed by atoms with van der Waals surface area (Å²) in [4.78, 5) is 41.9. The first-order valence-corrected chi connectivity index (χ1v) is 14.3. The van der Waals surface area contributed by atoms with Gasteiger partial charge in [0.25, 0.3) is 5.91 Å². The molecule has 1 aromatic heterocycles. The van der Waals surface area contributed by atoms with Crippen LogP contribution in [0.3, 0.4) is 0 Å². The Morgan fingerprint density at radius 1 is 1.14 bits per heavy atom. The van der Waals surface area contributed by atoms with E-state index < -0.39 is 48.5 Å². The van der Waals surface area contributed by atoms with E-state index in [0.29, 0.717) is 25.2 Å². The monoisotopic (exact) mass is 608 g/mol. The molecule has 2 aromatic rings. The van der Waals surface area contributed by atoms with Crippen LogP contribution in [0.5, 0.6) is 11.5 Å². The number of nitrogens with one attached hydrogen (secondary N) is 1. The third-order valence-electron chi connectivity index (χ3n) is 7.46. The maximum atomic E-state index is 13.3. The van der Waals surface area contributed by atoms with Crippen LogP contribution in [0.2, 0.25) is 0 Å². The van der Waals surface area contributed by atoms with Gasteiger partial charge in [0, 0.05) is 19.2 Å². The van der Waals surface area contributed by atoms with Gasteiger partial charge in [0.15, 0.2) is 17.2 Å². The maximum absolute atomic E-state index is 13.3. The number of pyridine rings is 1. The molecule has 1 aliphatic heterocycles. The van der Waals surface area contributed by atoms with E-state index in [1.54, 1.807) is 0 Å². The van der Waals surface area contributed by atoms with Crippen LogP contribution in [0.4, 0.5) is 13.2 Å². The highest BCUT2D eigenvalue weighted by Crippen LogP contribution is 2.35. The second kappa shape index (κ2) is 15.1. The van der Waals surface area contributed by atoms with E-state index in [2.05, 4.69) is 24.1 Å². The number of methoxy groups -OCH3 is 1. The van der Waals surface area contributed by atoms with Crippen molar-refractivity contribution in [2.45, 2.75) is 78.1 Å². The molecule has 1 amide bonds. The van der Waals surface area contributed by atoms with E-state index in [1.165, 1.54) is 38.4 Å². The second-order valence-corrected chi connectivity index (χ2v) is 11.1. The van der Waals surface area contributed by atoms with Crippen LogP contribution in [0.25, 0.3) is 0 Å². The Morgan fingerprint density at radius 3 is 2.44 bits per heavy atom. The van der Waals surface area contributed by atoms with Crippen LogP contribution < -0.4 is 14.8 Å². The summed E-state index contributed by atoms with van der Waals surface area (Å²) in [5.74, 6) is -1.45. The van der Waals surface area contributed by atoms with Crippen LogP contribution in [-0.2, 0) is 31.7 Å². The van der Waals surface area contributed by atoms with Crippen molar-refractivity contribution in [3.05, 3.63) is 53.3 Å². The first kappa shape index (κ1) is 33.7. The number of aromatic nitrogens is 1. The molecule has 0 bridgehead atoms. The van der Waals surface area contributed by atoms with Gasteiger partial charge in [-0.3, -0.25) is 9.59 Å². The second-order valence-electron chi connectivity index (χ2n) is 11.1. The highest BCUT2D eigenvalue weighted by atomic mass is 19.4. The third-order valence-corrected chi connectivity index (χ3v) is 7.46. The molecule has 0 radical (unpaired) electrons. The number of esters is 2. The number of hydrogen-bond acceptors (Lipinski definition) is 8. The van der Waals surface area contributed by atoms with Gasteiger partial charge in [-0.1, -0.05) is 32.4 Å². The molecular formula is C31H39F3N2O7. The molecule has 1 aromatic carbocycles. The van der Waals surface area contributed by atoms with E-state index in [1.807, 2.05) is 6.92 Å². The van der Waals surface area contributed by atoms with Crippen LogP contribution in [0, 0.1) is 17.8 Å². The molecular weight excluding hydrogens is 569 g/mol. The van der Waals surface area contributed by atoms with Crippen molar-refractivity contribution in [1.29, 1.82) is 0 Å². The summed E-state index contributed by atoms with van der Waals surface area (Å²) in [6.07, 6.45) is -0.743. The SMILES string of the molecule is COc1ccnc(C(=O)NC2CCCC(Cc3ccc(C(F)(F)F)cc3)C(CC(C)C)C(C)OC2=O)c1OCOC(C)=O. The quantitative estimate of drug-likeness (QED) is 0.268. The molecule has 1 fully saturated rings. The summed E-state index contributed by atoms with van der Waals surface area (Å²) in [7, 11) is 1.38. The molecule has 4 unspecified atom stereocenters. The largest absolute Gasteiger partial charge is 0.493 e. The molecule has 1 aliphatic rings. The molecule has 12 heteroatoms. The number of cyclic esters (lactones) is 1. The fraction of sp³-hybridized carbons (Fsp3) is 0.548. The van der Waals surface area contributed by atoms with Gasteiger partial charge in [-0.05, 0) is 68.1 Å². The zero-order valence-corrected chi connectivity index (χ0v) is 25.0. The molecule has 1 saturated heterocycles. The predicted octanol–water partition coefficient (Wildman–Crippen LogP) is 5.74. The van der Waals surface area contributed by atoms with E-state index in [-0.39, 0.29) is 35.4 Å². The van der Waals surface area contributed by atoms with E-state index in [4.69, 9.17) is 18.9 Å². The zero-order chi connectivity index (χ0) is 31.7. The van der Waals surface area contributed by atoms with Gasteiger partial charge in [0.2, 0.25) is 6.79 Å². The smallest absolute Gasteiger partial charge is 0.416 e. The van der Waals surface area contributed by atoms with Gasteiger partial charge >= 0.3 is 18.1 Å². The number of halogens is 3. The summed E-state index contributed by atoms with van der Waals surface area (Å²) in [5.41, 5.74) is -0.0827. The average Bonchev–Trinajstić information content (AvgIpc) is 2.98. The number of benzene rings is 1. The minimum Gasteiger partial charge on any atom is -0.493 e. The standard InChI is InChI=1S/C31H39F3N2O7/c1-18(2)15-24-19(3)43-30(39)25(8-6-7-22(24)16-21-9-11-23(12-10-21)31(32,33)34)36-29(38)27-28(42-17-41-20(4)37)26(40-5)13-14-35-27/h9-14,18-19,22,24-25H,6-8,15-17H2,1-5H3,(H,36,38). The van der Waals surface area contributed by atoms with Crippen molar-refractivity contribution in [2.24, 2.45) is 17.8 Å². The first-order valence-electron chi connectivity index (χ1n) is 14.3. The van der Waals surface area contributed by atoms with Crippen molar-refractivity contribution in [3.63, 3.8) is 0 Å². The maximum Gasteiger partial charge on any atom is 0.416 e. The van der Waals surface area contributed by atoms with Gasteiger partial charge in [-0.25, -0.2) is 9.78 Å². The Hall–Kier alpha value is -3.83. The first-order chi connectivity index (χ1) is 20.3. The number of hydrogen-bond donors (Lipinski definition) is 1. The summed E-state index contributed by atoms with van der Waals surface area (Å²) in [6.45, 7) is 6.70. The lowest BCUT2D eigenvalue weighted by Gasteiger charge is -2.32. The molecule has 0 saturated carbocycles. The molecule has 0 spiro atoms. The highest BCUT2D eigenvalue weighted by molar-refractivity contribution is 5.98.